The van der Waals surface area contributed by atoms with Gasteiger partial charge in [0.1, 0.15) is 10.8 Å². The maximum Gasteiger partial charge on any atom is 0.341 e. The van der Waals surface area contributed by atoms with Crippen molar-refractivity contribution < 1.29 is 28.6 Å². The molecule has 0 bridgehead atoms. The van der Waals surface area contributed by atoms with Crippen LogP contribution in [0.3, 0.4) is 0 Å². The van der Waals surface area contributed by atoms with Crippen LogP contribution in [-0.2, 0) is 20.7 Å². The Kier molecular flexibility index (Phi) is 7.36. The molecule has 1 aromatic heterocycles. The minimum atomic E-state index is -0.643. The molecule has 0 atom stereocenters. The van der Waals surface area contributed by atoms with E-state index in [9.17, 15) is 14.4 Å². The average Bonchev–Trinajstić information content (AvgIpc) is 3.09. The highest BCUT2D eigenvalue weighted by Gasteiger charge is 2.19. The van der Waals surface area contributed by atoms with E-state index in [1.54, 1.807) is 31.2 Å². The van der Waals surface area contributed by atoms with Gasteiger partial charge in [-0.3, -0.25) is 4.79 Å². The monoisotopic (exact) mass is 391 g/mol. The van der Waals surface area contributed by atoms with E-state index in [1.165, 1.54) is 24.5 Å². The van der Waals surface area contributed by atoms with Gasteiger partial charge < -0.3 is 19.5 Å². The lowest BCUT2D eigenvalue weighted by Gasteiger charge is -2.08. The van der Waals surface area contributed by atoms with Crippen LogP contribution in [-0.4, -0.2) is 38.2 Å². The number of nitrogens with one attached hydrogen (secondary N) is 1. The largest absolute Gasteiger partial charge is 0.497 e. The van der Waals surface area contributed by atoms with Crippen LogP contribution in [0.15, 0.2) is 30.3 Å². The van der Waals surface area contributed by atoms with E-state index in [0.717, 1.165) is 11.3 Å². The van der Waals surface area contributed by atoms with E-state index in [1.807, 2.05) is 6.92 Å². The van der Waals surface area contributed by atoms with Crippen molar-refractivity contribution in [1.82, 2.24) is 0 Å². The lowest BCUT2D eigenvalue weighted by atomic mass is 10.2. The fraction of sp³-hybridized carbons (Fsp3) is 0.316. The molecule has 0 saturated heterocycles. The van der Waals surface area contributed by atoms with Crippen LogP contribution in [0.4, 0.5) is 5.00 Å². The third-order valence-electron chi connectivity index (χ3n) is 3.52. The number of benzene rings is 1. The number of amides is 1. The zero-order chi connectivity index (χ0) is 19.8. The molecule has 1 amide bonds. The number of anilines is 1. The summed E-state index contributed by atoms with van der Waals surface area (Å²) in [7, 11) is 1.49. The first-order valence-corrected chi connectivity index (χ1v) is 9.21. The van der Waals surface area contributed by atoms with E-state index < -0.39 is 24.5 Å². The molecule has 144 valence electrons. The Bertz CT molecular complexity index is 829. The van der Waals surface area contributed by atoms with Crippen molar-refractivity contribution in [3.05, 3.63) is 46.3 Å². The quantitative estimate of drug-likeness (QED) is 0.695. The summed E-state index contributed by atoms with van der Waals surface area (Å²) in [6.45, 7) is 3.42. The summed E-state index contributed by atoms with van der Waals surface area (Å²) < 4.78 is 15.1. The fourth-order valence-corrected chi connectivity index (χ4v) is 3.20. The van der Waals surface area contributed by atoms with E-state index in [-0.39, 0.29) is 12.2 Å². The molecule has 1 aromatic carbocycles. The lowest BCUT2D eigenvalue weighted by Crippen LogP contribution is -2.21. The predicted octanol–water partition coefficient (Wildman–Crippen LogP) is 3.29. The van der Waals surface area contributed by atoms with Gasteiger partial charge in [-0.1, -0.05) is 13.0 Å². The van der Waals surface area contributed by atoms with Gasteiger partial charge in [0.15, 0.2) is 6.61 Å². The zero-order valence-corrected chi connectivity index (χ0v) is 16.2. The molecule has 0 aliphatic heterocycles. The van der Waals surface area contributed by atoms with Gasteiger partial charge in [-0.15, -0.1) is 11.3 Å². The highest BCUT2D eigenvalue weighted by Crippen LogP contribution is 2.29. The van der Waals surface area contributed by atoms with Crippen molar-refractivity contribution in [2.75, 3.05) is 25.6 Å². The summed E-state index contributed by atoms with van der Waals surface area (Å²) in [5.41, 5.74) is 0.574. The SMILES string of the molecule is CCOC(=O)c1cc(CC)sc1NC(=O)COC(=O)c1cccc(OC)c1. The molecule has 1 heterocycles. The number of aryl methyl sites for hydroxylation is 1. The minimum Gasteiger partial charge on any atom is -0.497 e. The number of hydrogen-bond acceptors (Lipinski definition) is 7. The van der Waals surface area contributed by atoms with Crippen LogP contribution in [0.25, 0.3) is 0 Å². The molecular formula is C19H21NO6S. The molecule has 7 nitrogen and oxygen atoms in total. The van der Waals surface area contributed by atoms with Gasteiger partial charge in [0.2, 0.25) is 0 Å². The Hall–Kier alpha value is -2.87. The number of esters is 2. The number of rotatable bonds is 8. The van der Waals surface area contributed by atoms with E-state index in [4.69, 9.17) is 14.2 Å². The Morgan fingerprint density at radius 3 is 2.52 bits per heavy atom. The fourth-order valence-electron chi connectivity index (χ4n) is 2.20. The molecule has 0 aliphatic rings. The summed E-state index contributed by atoms with van der Waals surface area (Å²) >= 11 is 1.29. The second-order valence-corrected chi connectivity index (χ2v) is 6.52. The first-order chi connectivity index (χ1) is 13.0. The molecule has 2 rings (SSSR count). The molecule has 0 saturated carbocycles. The van der Waals surface area contributed by atoms with Crippen molar-refractivity contribution >= 4 is 34.2 Å². The number of ether oxygens (including phenoxy) is 3. The third-order valence-corrected chi connectivity index (χ3v) is 4.71. The molecule has 0 spiro atoms. The molecular weight excluding hydrogens is 370 g/mol. The Morgan fingerprint density at radius 2 is 1.85 bits per heavy atom. The minimum absolute atomic E-state index is 0.238. The van der Waals surface area contributed by atoms with Crippen LogP contribution in [0.1, 0.15) is 39.4 Å². The van der Waals surface area contributed by atoms with Gasteiger partial charge >= 0.3 is 11.9 Å². The van der Waals surface area contributed by atoms with Gasteiger partial charge in [0.05, 0.1) is 24.8 Å². The summed E-state index contributed by atoms with van der Waals surface area (Å²) in [4.78, 5) is 37.2. The van der Waals surface area contributed by atoms with Gasteiger partial charge in [-0.25, -0.2) is 9.59 Å². The van der Waals surface area contributed by atoms with Crippen LogP contribution in [0.2, 0.25) is 0 Å². The van der Waals surface area contributed by atoms with Crippen molar-refractivity contribution in [2.24, 2.45) is 0 Å². The first-order valence-electron chi connectivity index (χ1n) is 8.39. The predicted molar refractivity (Wildman–Crippen MR) is 102 cm³/mol. The number of carbonyl (C=O) groups excluding carboxylic acids is 3. The van der Waals surface area contributed by atoms with Gasteiger partial charge in [-0.2, -0.15) is 0 Å². The summed E-state index contributed by atoms with van der Waals surface area (Å²) in [6, 6.07) is 8.13. The van der Waals surface area contributed by atoms with E-state index in [0.29, 0.717) is 16.3 Å². The molecule has 0 aliphatic carbocycles. The Balaban J connectivity index is 2.00. The van der Waals surface area contributed by atoms with Gasteiger partial charge in [0.25, 0.3) is 5.91 Å². The second kappa shape index (κ2) is 9.72. The zero-order valence-electron chi connectivity index (χ0n) is 15.4. The first kappa shape index (κ1) is 20.4. The number of thiophene rings is 1. The molecule has 0 unspecified atom stereocenters. The van der Waals surface area contributed by atoms with E-state index in [2.05, 4.69) is 5.32 Å². The number of hydrogen-bond donors (Lipinski definition) is 1. The van der Waals surface area contributed by atoms with Gasteiger partial charge in [-0.05, 0) is 37.6 Å². The number of methoxy groups -OCH3 is 1. The van der Waals surface area contributed by atoms with Crippen molar-refractivity contribution in [3.8, 4) is 5.75 Å². The third kappa shape index (κ3) is 5.55. The van der Waals surface area contributed by atoms with Crippen molar-refractivity contribution in [1.29, 1.82) is 0 Å². The van der Waals surface area contributed by atoms with Crippen LogP contribution >= 0.6 is 11.3 Å². The van der Waals surface area contributed by atoms with Crippen LogP contribution in [0.5, 0.6) is 5.75 Å². The Labute approximate surface area is 161 Å². The molecule has 1 N–H and O–H groups in total. The lowest BCUT2D eigenvalue weighted by molar-refractivity contribution is -0.119. The van der Waals surface area contributed by atoms with E-state index >= 15 is 0 Å². The van der Waals surface area contributed by atoms with Crippen molar-refractivity contribution in [2.45, 2.75) is 20.3 Å². The molecule has 2 aromatic rings. The molecule has 27 heavy (non-hydrogen) atoms. The van der Waals surface area contributed by atoms with Gasteiger partial charge in [0, 0.05) is 4.88 Å². The Morgan fingerprint density at radius 1 is 1.07 bits per heavy atom. The second-order valence-electron chi connectivity index (χ2n) is 5.39. The maximum absolute atomic E-state index is 12.1. The summed E-state index contributed by atoms with van der Waals surface area (Å²) in [5.74, 6) is -1.17. The van der Waals surface area contributed by atoms with Crippen LogP contribution < -0.4 is 10.1 Å². The summed E-state index contributed by atoms with van der Waals surface area (Å²) in [5, 5.41) is 2.99. The normalized spacial score (nSPS) is 10.2. The smallest absolute Gasteiger partial charge is 0.341 e. The molecule has 8 heteroatoms. The highest BCUT2D eigenvalue weighted by atomic mass is 32.1. The topological polar surface area (TPSA) is 90.9 Å². The standard InChI is InChI=1S/C19H21NO6S/c1-4-14-10-15(19(23)25-5-2)17(27-14)20-16(21)11-26-18(22)12-7-6-8-13(9-12)24-3/h6-10H,4-5,11H2,1-3H3,(H,20,21). The summed E-state index contributed by atoms with van der Waals surface area (Å²) in [6.07, 6.45) is 0.720. The highest BCUT2D eigenvalue weighted by molar-refractivity contribution is 7.16. The average molecular weight is 391 g/mol. The number of carbonyl (C=O) groups is 3. The van der Waals surface area contributed by atoms with Crippen molar-refractivity contribution in [3.63, 3.8) is 0 Å². The molecule has 0 radical (unpaired) electrons. The molecule has 0 fully saturated rings. The van der Waals surface area contributed by atoms with Crippen LogP contribution in [0, 0.1) is 0 Å². The maximum atomic E-state index is 12.1.